The van der Waals surface area contributed by atoms with E-state index < -0.39 is 0 Å². The van der Waals surface area contributed by atoms with Gasteiger partial charge < -0.3 is 14.0 Å². The Morgan fingerprint density at radius 1 is 1.17 bits per heavy atom. The molecule has 0 radical (unpaired) electrons. The van der Waals surface area contributed by atoms with Gasteiger partial charge in [-0.25, -0.2) is 4.98 Å². The molecule has 0 saturated heterocycles. The van der Waals surface area contributed by atoms with Crippen LogP contribution in [-0.4, -0.2) is 29.6 Å². The van der Waals surface area contributed by atoms with Gasteiger partial charge in [0.15, 0.2) is 5.82 Å². The molecule has 0 aliphatic heterocycles. The average molecular weight is 246 g/mol. The SMILES string of the molecule is COc1cc(OC)cc(C(=O)c2nccn2C)c1. The standard InChI is InChI=1S/C13H14N2O3/c1-15-5-4-14-13(15)12(16)9-6-10(17-2)8-11(7-9)18-3/h4-8H,1-3H3. The molecule has 0 saturated carbocycles. The lowest BCUT2D eigenvalue weighted by atomic mass is 10.1. The number of carbonyl (C=O) groups excluding carboxylic acids is 1. The second-order valence-corrected chi connectivity index (χ2v) is 3.79. The summed E-state index contributed by atoms with van der Waals surface area (Å²) in [7, 11) is 4.87. The number of aromatic nitrogens is 2. The van der Waals surface area contributed by atoms with Gasteiger partial charge in [0.2, 0.25) is 5.78 Å². The highest BCUT2D eigenvalue weighted by atomic mass is 16.5. The predicted molar refractivity (Wildman–Crippen MR) is 66.2 cm³/mol. The number of nitrogens with zero attached hydrogens (tertiary/aromatic N) is 2. The number of carbonyl (C=O) groups is 1. The van der Waals surface area contributed by atoms with Crippen LogP contribution in [0, 0.1) is 0 Å². The van der Waals surface area contributed by atoms with Gasteiger partial charge in [0.05, 0.1) is 14.2 Å². The molecule has 0 amide bonds. The minimum atomic E-state index is -0.167. The minimum absolute atomic E-state index is 0.167. The van der Waals surface area contributed by atoms with Crippen molar-refractivity contribution in [1.82, 2.24) is 9.55 Å². The number of hydrogen-bond acceptors (Lipinski definition) is 4. The third-order valence-electron chi connectivity index (χ3n) is 2.64. The normalized spacial score (nSPS) is 10.2. The first-order chi connectivity index (χ1) is 8.65. The van der Waals surface area contributed by atoms with Crippen LogP contribution in [0.5, 0.6) is 11.5 Å². The molecule has 18 heavy (non-hydrogen) atoms. The monoisotopic (exact) mass is 246 g/mol. The summed E-state index contributed by atoms with van der Waals surface area (Å²) in [5.74, 6) is 1.36. The van der Waals surface area contributed by atoms with Crippen molar-refractivity contribution in [2.75, 3.05) is 14.2 Å². The fourth-order valence-corrected chi connectivity index (χ4v) is 1.65. The Morgan fingerprint density at radius 3 is 2.22 bits per heavy atom. The number of ketones is 1. The highest BCUT2D eigenvalue weighted by Crippen LogP contribution is 2.23. The first-order valence-electron chi connectivity index (χ1n) is 5.41. The molecule has 1 heterocycles. The van der Waals surface area contributed by atoms with E-state index in [4.69, 9.17) is 9.47 Å². The molecule has 1 aromatic carbocycles. The van der Waals surface area contributed by atoms with E-state index in [2.05, 4.69) is 4.98 Å². The molecule has 2 rings (SSSR count). The molecule has 5 heteroatoms. The fraction of sp³-hybridized carbons (Fsp3) is 0.231. The molecule has 0 unspecified atom stereocenters. The van der Waals surface area contributed by atoms with Crippen molar-refractivity contribution in [2.24, 2.45) is 7.05 Å². The topological polar surface area (TPSA) is 53.4 Å². The highest BCUT2D eigenvalue weighted by Gasteiger charge is 2.15. The van der Waals surface area contributed by atoms with Crippen LogP contribution in [0.2, 0.25) is 0 Å². The minimum Gasteiger partial charge on any atom is -0.497 e. The molecular formula is C13H14N2O3. The maximum Gasteiger partial charge on any atom is 0.228 e. The van der Waals surface area contributed by atoms with Crippen molar-refractivity contribution in [3.8, 4) is 11.5 Å². The maximum absolute atomic E-state index is 12.3. The van der Waals surface area contributed by atoms with Crippen LogP contribution < -0.4 is 9.47 Å². The van der Waals surface area contributed by atoms with Crippen molar-refractivity contribution in [2.45, 2.75) is 0 Å². The van der Waals surface area contributed by atoms with Gasteiger partial charge >= 0.3 is 0 Å². The van der Waals surface area contributed by atoms with Gasteiger partial charge in [-0.2, -0.15) is 0 Å². The average Bonchev–Trinajstić information content (AvgIpc) is 2.83. The van der Waals surface area contributed by atoms with E-state index in [0.29, 0.717) is 22.9 Å². The molecule has 0 bridgehead atoms. The van der Waals surface area contributed by atoms with Crippen LogP contribution >= 0.6 is 0 Å². The Bertz CT molecular complexity index is 553. The van der Waals surface area contributed by atoms with Crippen LogP contribution in [0.3, 0.4) is 0 Å². The highest BCUT2D eigenvalue weighted by molar-refractivity contribution is 6.07. The van der Waals surface area contributed by atoms with Gasteiger partial charge in [-0.1, -0.05) is 0 Å². The summed E-state index contributed by atoms with van der Waals surface area (Å²) in [6.07, 6.45) is 3.31. The third-order valence-corrected chi connectivity index (χ3v) is 2.64. The van der Waals surface area contributed by atoms with Gasteiger partial charge in [-0.3, -0.25) is 4.79 Å². The second-order valence-electron chi connectivity index (χ2n) is 3.79. The molecule has 0 aliphatic carbocycles. The summed E-state index contributed by atoms with van der Waals surface area (Å²) >= 11 is 0. The Hall–Kier alpha value is -2.30. The summed E-state index contributed by atoms with van der Waals surface area (Å²) in [4.78, 5) is 16.3. The van der Waals surface area contributed by atoms with Crippen LogP contribution in [0.4, 0.5) is 0 Å². The number of imidazole rings is 1. The first-order valence-corrected chi connectivity index (χ1v) is 5.41. The molecule has 0 fully saturated rings. The molecule has 2 aromatic rings. The summed E-state index contributed by atoms with van der Waals surface area (Å²) in [5, 5.41) is 0. The zero-order chi connectivity index (χ0) is 13.1. The Kier molecular flexibility index (Phi) is 3.32. The van der Waals surface area contributed by atoms with Gasteiger partial charge in [-0.15, -0.1) is 0 Å². The summed E-state index contributed by atoms with van der Waals surface area (Å²) in [6.45, 7) is 0. The Balaban J connectivity index is 2.44. The Morgan fingerprint density at radius 2 is 1.78 bits per heavy atom. The van der Waals surface area contributed by atoms with Gasteiger partial charge in [0.1, 0.15) is 11.5 Å². The van der Waals surface area contributed by atoms with Crippen LogP contribution in [-0.2, 0) is 7.05 Å². The molecule has 0 spiro atoms. The fourth-order valence-electron chi connectivity index (χ4n) is 1.65. The lowest BCUT2D eigenvalue weighted by molar-refractivity contribution is 0.102. The molecule has 5 nitrogen and oxygen atoms in total. The maximum atomic E-state index is 12.3. The van der Waals surface area contributed by atoms with Crippen molar-refractivity contribution >= 4 is 5.78 Å². The summed E-state index contributed by atoms with van der Waals surface area (Å²) < 4.78 is 11.9. The van der Waals surface area contributed by atoms with Gasteiger partial charge in [-0.05, 0) is 12.1 Å². The van der Waals surface area contributed by atoms with Crippen molar-refractivity contribution < 1.29 is 14.3 Å². The van der Waals surface area contributed by atoms with Crippen LogP contribution in [0.15, 0.2) is 30.6 Å². The predicted octanol–water partition coefficient (Wildman–Crippen LogP) is 1.67. The number of methoxy groups -OCH3 is 2. The third kappa shape index (κ3) is 2.20. The van der Waals surface area contributed by atoms with E-state index >= 15 is 0 Å². The summed E-state index contributed by atoms with van der Waals surface area (Å²) in [6, 6.07) is 5.05. The second kappa shape index (κ2) is 4.91. The van der Waals surface area contributed by atoms with E-state index in [1.54, 1.807) is 56.4 Å². The number of aryl methyl sites for hydroxylation is 1. The van der Waals surface area contributed by atoms with Gasteiger partial charge in [0.25, 0.3) is 0 Å². The summed E-state index contributed by atoms with van der Waals surface area (Å²) in [5.41, 5.74) is 0.487. The van der Waals surface area contributed by atoms with E-state index in [0.717, 1.165) is 0 Å². The Labute approximate surface area is 105 Å². The first kappa shape index (κ1) is 12.2. The van der Waals surface area contributed by atoms with E-state index in [9.17, 15) is 4.79 Å². The molecule has 94 valence electrons. The lowest BCUT2D eigenvalue weighted by Gasteiger charge is -2.07. The molecular weight excluding hydrogens is 232 g/mol. The zero-order valence-electron chi connectivity index (χ0n) is 10.5. The van der Waals surface area contributed by atoms with Crippen molar-refractivity contribution in [1.29, 1.82) is 0 Å². The van der Waals surface area contributed by atoms with E-state index in [1.165, 1.54) is 0 Å². The lowest BCUT2D eigenvalue weighted by Crippen LogP contribution is -2.09. The molecule has 1 aromatic heterocycles. The molecule has 0 aliphatic rings. The number of ether oxygens (including phenoxy) is 2. The quantitative estimate of drug-likeness (QED) is 0.770. The number of benzene rings is 1. The molecule has 0 atom stereocenters. The smallest absolute Gasteiger partial charge is 0.228 e. The number of hydrogen-bond donors (Lipinski definition) is 0. The van der Waals surface area contributed by atoms with E-state index in [1.807, 2.05) is 0 Å². The van der Waals surface area contributed by atoms with Gasteiger partial charge in [0, 0.05) is 31.1 Å². The zero-order valence-corrected chi connectivity index (χ0v) is 10.5. The van der Waals surface area contributed by atoms with Crippen molar-refractivity contribution in [3.63, 3.8) is 0 Å². The van der Waals surface area contributed by atoms with Crippen LogP contribution in [0.25, 0.3) is 0 Å². The number of rotatable bonds is 4. The van der Waals surface area contributed by atoms with E-state index in [-0.39, 0.29) is 5.78 Å². The largest absolute Gasteiger partial charge is 0.497 e. The van der Waals surface area contributed by atoms with Crippen molar-refractivity contribution in [3.05, 3.63) is 42.0 Å². The molecule has 0 N–H and O–H groups in total. The van der Waals surface area contributed by atoms with Crippen LogP contribution in [0.1, 0.15) is 16.2 Å².